The molecule has 0 saturated heterocycles. The summed E-state index contributed by atoms with van der Waals surface area (Å²) in [6.07, 6.45) is 8.09. The number of likely N-dealkylation sites (N-methyl/N-ethyl adjacent to an activating group) is 1. The van der Waals surface area contributed by atoms with Crippen LogP contribution in [0, 0.1) is 0 Å². The van der Waals surface area contributed by atoms with Crippen LogP contribution in [0.25, 0.3) is 0 Å². The highest BCUT2D eigenvalue weighted by atomic mass is 16.2. The smallest absolute Gasteiger partial charge is 0.231 e. The quantitative estimate of drug-likeness (QED) is 0.872. The van der Waals surface area contributed by atoms with Gasteiger partial charge in [0.15, 0.2) is 0 Å². The van der Waals surface area contributed by atoms with Crippen LogP contribution >= 0.6 is 0 Å². The lowest BCUT2D eigenvalue weighted by Crippen LogP contribution is -2.35. The van der Waals surface area contributed by atoms with Crippen molar-refractivity contribution in [3.05, 3.63) is 29.3 Å². The van der Waals surface area contributed by atoms with Crippen molar-refractivity contribution in [2.75, 3.05) is 11.9 Å². The summed E-state index contributed by atoms with van der Waals surface area (Å²) in [5.41, 5.74) is 3.00. The topological polar surface area (TPSA) is 49.4 Å². The lowest BCUT2D eigenvalue weighted by atomic mass is 10.0. The van der Waals surface area contributed by atoms with Gasteiger partial charge in [-0.2, -0.15) is 0 Å². The second kappa shape index (κ2) is 6.51. The van der Waals surface area contributed by atoms with Crippen molar-refractivity contribution in [1.82, 2.24) is 5.32 Å². The highest BCUT2D eigenvalue weighted by molar-refractivity contribution is 6.01. The number of hydrogen-bond acceptors (Lipinski definition) is 2. The van der Waals surface area contributed by atoms with Crippen LogP contribution in [0.2, 0.25) is 0 Å². The van der Waals surface area contributed by atoms with E-state index in [0.717, 1.165) is 29.7 Å². The predicted octanol–water partition coefficient (Wildman–Crippen LogP) is 2.59. The van der Waals surface area contributed by atoms with Crippen LogP contribution in [0.5, 0.6) is 0 Å². The van der Waals surface area contributed by atoms with Gasteiger partial charge in [0.25, 0.3) is 0 Å². The lowest BCUT2D eigenvalue weighted by Gasteiger charge is -2.16. The Bertz CT molecular complexity index is 574. The number of nitrogens with zero attached hydrogens (tertiary/aromatic N) is 1. The fraction of sp³-hybridized carbons (Fsp3) is 0.556. The first kappa shape index (κ1) is 15.1. The summed E-state index contributed by atoms with van der Waals surface area (Å²) in [6.45, 7) is 0. The summed E-state index contributed by atoms with van der Waals surface area (Å²) in [5.74, 6) is 0.222. The highest BCUT2D eigenvalue weighted by Gasteiger charge is 2.24. The second-order valence-corrected chi connectivity index (χ2v) is 6.53. The van der Waals surface area contributed by atoms with Crippen molar-refractivity contribution in [3.63, 3.8) is 0 Å². The van der Waals surface area contributed by atoms with Gasteiger partial charge < -0.3 is 10.2 Å². The molecule has 1 heterocycles. The minimum Gasteiger partial charge on any atom is -0.353 e. The predicted molar refractivity (Wildman–Crippen MR) is 86.9 cm³/mol. The van der Waals surface area contributed by atoms with E-state index < -0.39 is 0 Å². The number of rotatable bonds is 3. The molecule has 0 bridgehead atoms. The summed E-state index contributed by atoms with van der Waals surface area (Å²) in [6, 6.07) is 6.26. The summed E-state index contributed by atoms with van der Waals surface area (Å²) in [5, 5.41) is 3.18. The highest BCUT2D eigenvalue weighted by Crippen LogP contribution is 2.28. The number of carbonyl (C=O) groups is 2. The third-order valence-electron chi connectivity index (χ3n) is 4.81. The molecule has 1 aromatic rings. The molecule has 1 fully saturated rings. The van der Waals surface area contributed by atoms with Crippen molar-refractivity contribution in [2.45, 2.75) is 57.4 Å². The van der Waals surface area contributed by atoms with Crippen LogP contribution in [0.3, 0.4) is 0 Å². The van der Waals surface area contributed by atoms with Crippen LogP contribution < -0.4 is 10.2 Å². The zero-order valence-electron chi connectivity index (χ0n) is 13.2. The van der Waals surface area contributed by atoms with Crippen molar-refractivity contribution in [2.24, 2.45) is 0 Å². The van der Waals surface area contributed by atoms with E-state index in [1.54, 1.807) is 11.9 Å². The molecule has 0 atom stereocenters. The first-order valence-electron chi connectivity index (χ1n) is 8.31. The Morgan fingerprint density at radius 2 is 1.95 bits per heavy atom. The molecule has 2 aliphatic rings. The summed E-state index contributed by atoms with van der Waals surface area (Å²) >= 11 is 0. The van der Waals surface area contributed by atoms with Gasteiger partial charge >= 0.3 is 0 Å². The normalized spacial score (nSPS) is 19.0. The Morgan fingerprint density at radius 1 is 1.23 bits per heavy atom. The summed E-state index contributed by atoms with van der Waals surface area (Å²) in [7, 11) is 1.80. The van der Waals surface area contributed by atoms with E-state index in [4.69, 9.17) is 0 Å². The Labute approximate surface area is 131 Å². The van der Waals surface area contributed by atoms with E-state index >= 15 is 0 Å². The average molecular weight is 300 g/mol. The fourth-order valence-corrected chi connectivity index (χ4v) is 3.52. The number of fused-ring (bicyclic) bond motifs is 1. The molecule has 4 heteroatoms. The number of hydrogen-bond donors (Lipinski definition) is 1. The van der Waals surface area contributed by atoms with Crippen LogP contribution in [-0.2, 0) is 22.4 Å². The van der Waals surface area contributed by atoms with Gasteiger partial charge in [-0.05, 0) is 30.0 Å². The van der Waals surface area contributed by atoms with E-state index in [1.165, 1.54) is 25.7 Å². The van der Waals surface area contributed by atoms with Gasteiger partial charge in [-0.25, -0.2) is 0 Å². The third-order valence-corrected chi connectivity index (χ3v) is 4.81. The van der Waals surface area contributed by atoms with E-state index in [2.05, 4.69) is 5.32 Å². The Hall–Kier alpha value is -1.84. The SMILES string of the molecule is CN1C(=O)Cc2cc(CC(=O)NC3CCCCCC3)ccc21. The molecule has 0 unspecified atom stereocenters. The first-order chi connectivity index (χ1) is 10.6. The maximum atomic E-state index is 12.2. The minimum atomic E-state index is 0.101. The fourth-order valence-electron chi connectivity index (χ4n) is 3.52. The van der Waals surface area contributed by atoms with Crippen LogP contribution in [0.15, 0.2) is 18.2 Å². The zero-order chi connectivity index (χ0) is 15.5. The second-order valence-electron chi connectivity index (χ2n) is 6.53. The van der Waals surface area contributed by atoms with Crippen molar-refractivity contribution in [3.8, 4) is 0 Å². The maximum absolute atomic E-state index is 12.2. The van der Waals surface area contributed by atoms with Crippen molar-refractivity contribution in [1.29, 1.82) is 0 Å². The van der Waals surface area contributed by atoms with Gasteiger partial charge in [-0.3, -0.25) is 9.59 Å². The zero-order valence-corrected chi connectivity index (χ0v) is 13.2. The number of benzene rings is 1. The van der Waals surface area contributed by atoms with Crippen molar-refractivity contribution < 1.29 is 9.59 Å². The van der Waals surface area contributed by atoms with Gasteiger partial charge in [0.05, 0.1) is 12.8 Å². The Kier molecular flexibility index (Phi) is 4.46. The largest absolute Gasteiger partial charge is 0.353 e. The third kappa shape index (κ3) is 3.32. The molecule has 0 radical (unpaired) electrons. The molecule has 2 amide bonds. The molecule has 118 valence electrons. The summed E-state index contributed by atoms with van der Waals surface area (Å²) < 4.78 is 0. The monoisotopic (exact) mass is 300 g/mol. The van der Waals surface area contributed by atoms with Gasteiger partial charge in [0.2, 0.25) is 11.8 Å². The molecular weight excluding hydrogens is 276 g/mol. The maximum Gasteiger partial charge on any atom is 0.231 e. The molecule has 0 spiro atoms. The molecule has 1 aliphatic carbocycles. The molecule has 0 aromatic heterocycles. The Balaban J connectivity index is 1.60. The lowest BCUT2D eigenvalue weighted by molar-refractivity contribution is -0.121. The van der Waals surface area contributed by atoms with E-state index in [0.29, 0.717) is 18.9 Å². The number of anilines is 1. The number of nitrogens with one attached hydrogen (secondary N) is 1. The average Bonchev–Trinajstić information content (AvgIpc) is 2.68. The van der Waals surface area contributed by atoms with Crippen LogP contribution in [-0.4, -0.2) is 24.9 Å². The molecule has 4 nitrogen and oxygen atoms in total. The van der Waals surface area contributed by atoms with Crippen LogP contribution in [0.1, 0.15) is 49.7 Å². The number of amides is 2. The molecule has 3 rings (SSSR count). The molecular formula is C18H24N2O2. The summed E-state index contributed by atoms with van der Waals surface area (Å²) in [4.78, 5) is 25.6. The Morgan fingerprint density at radius 3 is 2.68 bits per heavy atom. The van der Waals surface area contributed by atoms with Gasteiger partial charge in [0, 0.05) is 18.8 Å². The molecule has 22 heavy (non-hydrogen) atoms. The molecule has 1 aliphatic heterocycles. The van der Waals surface area contributed by atoms with Crippen LogP contribution in [0.4, 0.5) is 5.69 Å². The minimum absolute atomic E-state index is 0.101. The van der Waals surface area contributed by atoms with Gasteiger partial charge in [-0.1, -0.05) is 37.8 Å². The van der Waals surface area contributed by atoms with E-state index in [9.17, 15) is 9.59 Å². The first-order valence-corrected chi connectivity index (χ1v) is 8.31. The molecule has 1 saturated carbocycles. The molecule has 1 N–H and O–H groups in total. The molecule has 1 aromatic carbocycles. The van der Waals surface area contributed by atoms with E-state index in [1.807, 2.05) is 18.2 Å². The standard InChI is InChI=1S/C18H24N2O2/c1-20-16-9-8-13(10-14(16)12-18(20)22)11-17(21)19-15-6-4-2-3-5-7-15/h8-10,15H,2-7,11-12H2,1H3,(H,19,21). The van der Waals surface area contributed by atoms with E-state index in [-0.39, 0.29) is 11.8 Å². The number of carbonyl (C=O) groups excluding carboxylic acids is 2. The van der Waals surface area contributed by atoms with Crippen molar-refractivity contribution >= 4 is 17.5 Å². The van der Waals surface area contributed by atoms with Gasteiger partial charge in [0.1, 0.15) is 0 Å². The van der Waals surface area contributed by atoms with Gasteiger partial charge in [-0.15, -0.1) is 0 Å².